The molecule has 5 N–H and O–H groups in total. The van der Waals surface area contributed by atoms with E-state index in [0.717, 1.165) is 22.0 Å². The molecule has 0 aromatic heterocycles. The van der Waals surface area contributed by atoms with Crippen molar-refractivity contribution in [1.29, 1.82) is 0 Å². The minimum absolute atomic E-state index is 0.0294. The summed E-state index contributed by atoms with van der Waals surface area (Å²) in [6.07, 6.45) is -4.85. The molecule has 12 nitrogen and oxygen atoms in total. The van der Waals surface area contributed by atoms with Gasteiger partial charge in [0.25, 0.3) is 0 Å². The van der Waals surface area contributed by atoms with Gasteiger partial charge in [0, 0.05) is 38.3 Å². The van der Waals surface area contributed by atoms with Gasteiger partial charge < -0.3 is 30.4 Å². The molecule has 3 aromatic carbocycles. The minimum atomic E-state index is -5.11. The minimum Gasteiger partial charge on any atom is -0.491 e. The van der Waals surface area contributed by atoms with Crippen molar-refractivity contribution in [2.24, 2.45) is 5.73 Å². The molecule has 2 fully saturated rings. The molecule has 49 heavy (non-hydrogen) atoms. The summed E-state index contributed by atoms with van der Waals surface area (Å²) in [5.74, 6) is -0.529. The van der Waals surface area contributed by atoms with Crippen molar-refractivity contribution in [3.63, 3.8) is 0 Å². The van der Waals surface area contributed by atoms with Crippen LogP contribution in [0, 0.1) is 0 Å². The first kappa shape index (κ1) is 37.0. The maximum Gasteiger partial charge on any atom is 0.573 e. The molecule has 0 radical (unpaired) electrons. The SMILES string of the molecule is CNS(=O)(=O)c1cccc(OCC(O)CNC2COC3(CCN(S(=O)(=O)c4ccc(-c5ccc(CN)cc5)cc4OC(F)(F)F)CC3)C2)c1. The smallest absolute Gasteiger partial charge is 0.491 e. The average molecular weight is 729 g/mol. The van der Waals surface area contributed by atoms with Crippen LogP contribution in [0.1, 0.15) is 24.8 Å². The highest BCUT2D eigenvalue weighted by Crippen LogP contribution is 2.40. The van der Waals surface area contributed by atoms with E-state index in [1.54, 1.807) is 30.3 Å². The number of nitrogens with two attached hydrogens (primary N) is 1. The second kappa shape index (κ2) is 14.9. The summed E-state index contributed by atoms with van der Waals surface area (Å²) >= 11 is 0. The topological polar surface area (TPSA) is 170 Å². The van der Waals surface area contributed by atoms with E-state index in [2.05, 4.69) is 14.8 Å². The highest BCUT2D eigenvalue weighted by molar-refractivity contribution is 7.89. The van der Waals surface area contributed by atoms with Crippen molar-refractivity contribution in [1.82, 2.24) is 14.3 Å². The number of aliphatic hydroxyl groups is 1. The molecule has 0 saturated carbocycles. The molecular weight excluding hydrogens is 690 g/mol. The number of rotatable bonds is 13. The molecule has 2 aliphatic heterocycles. The number of nitrogens with zero attached hydrogens (tertiary/aromatic N) is 1. The number of ether oxygens (including phenoxy) is 3. The number of sulfonamides is 2. The van der Waals surface area contributed by atoms with Crippen LogP contribution in [0.2, 0.25) is 0 Å². The fraction of sp³-hybridized carbons (Fsp3) is 0.438. The van der Waals surface area contributed by atoms with Gasteiger partial charge in [0.1, 0.15) is 29.1 Å². The van der Waals surface area contributed by atoms with Crippen LogP contribution < -0.4 is 25.2 Å². The van der Waals surface area contributed by atoms with Gasteiger partial charge in [0.15, 0.2) is 0 Å². The van der Waals surface area contributed by atoms with Gasteiger partial charge in [-0.3, -0.25) is 0 Å². The third kappa shape index (κ3) is 9.09. The predicted octanol–water partition coefficient (Wildman–Crippen LogP) is 2.96. The van der Waals surface area contributed by atoms with Crippen LogP contribution in [0.15, 0.2) is 76.5 Å². The van der Waals surface area contributed by atoms with E-state index < -0.39 is 48.8 Å². The van der Waals surface area contributed by atoms with Crippen LogP contribution in [0.3, 0.4) is 0 Å². The van der Waals surface area contributed by atoms with Crippen LogP contribution in [-0.2, 0) is 31.3 Å². The van der Waals surface area contributed by atoms with Crippen molar-refractivity contribution >= 4 is 20.0 Å². The Morgan fingerprint density at radius 2 is 1.73 bits per heavy atom. The number of hydrogen-bond donors (Lipinski definition) is 4. The number of piperidine rings is 1. The Balaban J connectivity index is 1.17. The van der Waals surface area contributed by atoms with Crippen molar-refractivity contribution in [3.8, 4) is 22.6 Å². The van der Waals surface area contributed by atoms with Gasteiger partial charge >= 0.3 is 6.36 Å². The van der Waals surface area contributed by atoms with Crippen LogP contribution in [0.5, 0.6) is 11.5 Å². The van der Waals surface area contributed by atoms with Gasteiger partial charge in [0.05, 0.1) is 17.1 Å². The van der Waals surface area contributed by atoms with E-state index in [0.29, 0.717) is 43.5 Å². The first-order valence-corrected chi connectivity index (χ1v) is 18.5. The summed E-state index contributed by atoms with van der Waals surface area (Å²) in [4.78, 5) is -0.549. The van der Waals surface area contributed by atoms with E-state index in [1.807, 2.05) is 0 Å². The summed E-state index contributed by atoms with van der Waals surface area (Å²) < 4.78 is 111. The van der Waals surface area contributed by atoms with E-state index in [4.69, 9.17) is 15.2 Å². The molecule has 268 valence electrons. The summed E-state index contributed by atoms with van der Waals surface area (Å²) in [5, 5.41) is 13.7. The van der Waals surface area contributed by atoms with Gasteiger partial charge in [-0.15, -0.1) is 13.2 Å². The van der Waals surface area contributed by atoms with Crippen LogP contribution in [0.4, 0.5) is 13.2 Å². The average Bonchev–Trinajstić information content (AvgIpc) is 3.47. The van der Waals surface area contributed by atoms with Gasteiger partial charge in [-0.1, -0.05) is 36.4 Å². The fourth-order valence-electron chi connectivity index (χ4n) is 5.94. The fourth-order valence-corrected chi connectivity index (χ4v) is 8.24. The first-order valence-electron chi connectivity index (χ1n) is 15.5. The summed E-state index contributed by atoms with van der Waals surface area (Å²) in [6, 6.07) is 16.3. The third-order valence-electron chi connectivity index (χ3n) is 8.62. The second-order valence-electron chi connectivity index (χ2n) is 12.0. The van der Waals surface area contributed by atoms with E-state index in [9.17, 15) is 35.1 Å². The lowest BCUT2D eigenvalue weighted by Crippen LogP contribution is -2.47. The number of alkyl halides is 3. The monoisotopic (exact) mass is 728 g/mol. The Morgan fingerprint density at radius 3 is 2.39 bits per heavy atom. The molecule has 0 bridgehead atoms. The molecular formula is C32H39F3N4O8S2. The zero-order chi connectivity index (χ0) is 35.5. The van der Waals surface area contributed by atoms with Crippen LogP contribution in [0.25, 0.3) is 11.1 Å². The largest absolute Gasteiger partial charge is 0.573 e. The molecule has 2 heterocycles. The molecule has 5 rings (SSSR count). The Hall–Kier alpha value is -3.29. The van der Waals surface area contributed by atoms with E-state index in [1.165, 1.54) is 31.3 Å². The van der Waals surface area contributed by atoms with E-state index >= 15 is 0 Å². The summed E-state index contributed by atoms with van der Waals surface area (Å²) in [7, 11) is -6.70. The van der Waals surface area contributed by atoms with Crippen molar-refractivity contribution in [2.45, 2.75) is 59.7 Å². The lowest BCUT2D eigenvalue weighted by molar-refractivity contribution is -0.275. The quantitative estimate of drug-likeness (QED) is 0.205. The third-order valence-corrected chi connectivity index (χ3v) is 12.0. The Bertz CT molecular complexity index is 1820. The Kier molecular flexibility index (Phi) is 11.2. The number of halogens is 3. The molecule has 3 aromatic rings. The molecule has 2 saturated heterocycles. The van der Waals surface area contributed by atoms with E-state index in [-0.39, 0.29) is 42.9 Å². The Labute approximate surface area is 283 Å². The highest BCUT2D eigenvalue weighted by atomic mass is 32.2. The standard InChI is InChI=1S/C32H39F3N4O8S2/c1-37-48(41,42)28-4-2-3-27(16-28)45-21-26(40)19-38-25-17-31(46-20-25)11-13-39(14-12-31)49(43,44)30-10-9-24(15-29(30)47-32(33,34)35)23-7-5-22(18-36)6-8-23/h2-10,15-16,25-26,37-38,40H,11-14,17-21,36H2,1H3. The number of benzene rings is 3. The molecule has 2 unspecified atom stereocenters. The molecule has 1 spiro atoms. The van der Waals surface area contributed by atoms with Crippen LogP contribution >= 0.6 is 0 Å². The normalized spacial score (nSPS) is 19.2. The molecule has 2 atom stereocenters. The van der Waals surface area contributed by atoms with Gasteiger partial charge in [-0.2, -0.15) is 4.31 Å². The number of aliphatic hydroxyl groups excluding tert-OH is 1. The van der Waals surface area contributed by atoms with Crippen molar-refractivity contribution in [2.75, 3.05) is 39.9 Å². The molecule has 0 amide bonds. The van der Waals surface area contributed by atoms with Gasteiger partial charge in [0.2, 0.25) is 20.0 Å². The molecule has 17 heteroatoms. The summed E-state index contributed by atoms with van der Waals surface area (Å²) in [5.41, 5.74) is 6.75. The lowest BCUT2D eigenvalue weighted by atomic mass is 9.88. The zero-order valence-electron chi connectivity index (χ0n) is 26.6. The second-order valence-corrected chi connectivity index (χ2v) is 15.8. The Morgan fingerprint density at radius 1 is 1.04 bits per heavy atom. The molecule has 0 aliphatic carbocycles. The van der Waals surface area contributed by atoms with Crippen molar-refractivity contribution < 1.29 is 49.3 Å². The first-order chi connectivity index (χ1) is 23.1. The van der Waals surface area contributed by atoms with Gasteiger partial charge in [-0.05, 0) is 67.3 Å². The number of nitrogens with one attached hydrogen (secondary N) is 2. The predicted molar refractivity (Wildman–Crippen MR) is 174 cm³/mol. The highest BCUT2D eigenvalue weighted by Gasteiger charge is 2.45. The zero-order valence-corrected chi connectivity index (χ0v) is 28.3. The molecule has 2 aliphatic rings. The maximum atomic E-state index is 13.7. The van der Waals surface area contributed by atoms with Crippen molar-refractivity contribution in [3.05, 3.63) is 72.3 Å². The lowest BCUT2D eigenvalue weighted by Gasteiger charge is -2.38. The summed E-state index contributed by atoms with van der Waals surface area (Å²) in [6.45, 7) is 0.742. The number of hydrogen-bond acceptors (Lipinski definition) is 10. The maximum absolute atomic E-state index is 13.7. The van der Waals surface area contributed by atoms with Gasteiger partial charge in [-0.25, -0.2) is 21.6 Å². The van der Waals surface area contributed by atoms with Crippen LogP contribution in [-0.4, -0.2) is 90.3 Å².